The molecule has 0 aliphatic carbocycles. The van der Waals surface area contributed by atoms with Crippen LogP contribution in [0.3, 0.4) is 0 Å². The van der Waals surface area contributed by atoms with E-state index in [0.717, 1.165) is 31.9 Å². The van der Waals surface area contributed by atoms with Gasteiger partial charge in [0.05, 0.1) is 30.6 Å². The lowest BCUT2D eigenvalue weighted by atomic mass is 10.0. The molecule has 0 radical (unpaired) electrons. The van der Waals surface area contributed by atoms with E-state index < -0.39 is 17.5 Å². The second-order valence-electron chi connectivity index (χ2n) is 10.5. The van der Waals surface area contributed by atoms with Crippen LogP contribution >= 0.6 is 0 Å². The van der Waals surface area contributed by atoms with Crippen molar-refractivity contribution in [2.45, 2.75) is 44.4 Å². The van der Waals surface area contributed by atoms with E-state index in [4.69, 9.17) is 20.3 Å². The van der Waals surface area contributed by atoms with Crippen molar-refractivity contribution in [1.82, 2.24) is 29.7 Å². The molecule has 2 aromatic carbocycles. The number of hydrogen-bond acceptors (Lipinski definition) is 9. The van der Waals surface area contributed by atoms with E-state index in [1.807, 2.05) is 18.2 Å². The van der Waals surface area contributed by atoms with Crippen molar-refractivity contribution >= 4 is 39.6 Å². The number of nitrogens with zero attached hydrogens (tertiary/aromatic N) is 6. The molecule has 7 rings (SSSR count). The Morgan fingerprint density at radius 2 is 2.14 bits per heavy atom. The molecule has 2 unspecified atom stereocenters. The first-order valence-electron chi connectivity index (χ1n) is 14.2. The van der Waals surface area contributed by atoms with Crippen LogP contribution in [0, 0.1) is 11.6 Å². The van der Waals surface area contributed by atoms with Gasteiger partial charge in [-0.05, 0) is 56.5 Å². The maximum Gasteiger partial charge on any atom is 0.253 e. The topological polar surface area (TPSA) is 146 Å². The Labute approximate surface area is 245 Å². The SMILES string of the molecule is NC(=O)Cn1cc(N(c2cccc(F)c2F)N2c3nc2c2ccc(OCCCNC4CCOC(CCO)C4)cc2n3)cn1. The summed E-state index contributed by atoms with van der Waals surface area (Å²) in [4.78, 5) is 20.5. The quantitative estimate of drug-likeness (QED) is 0.175. The van der Waals surface area contributed by atoms with Crippen molar-refractivity contribution in [3.8, 4) is 5.75 Å². The maximum atomic E-state index is 15.1. The third-order valence-corrected chi connectivity index (χ3v) is 7.41. The van der Waals surface area contributed by atoms with Crippen molar-refractivity contribution in [2.24, 2.45) is 5.73 Å². The van der Waals surface area contributed by atoms with Crippen LogP contribution in [0.15, 0.2) is 48.8 Å². The summed E-state index contributed by atoms with van der Waals surface area (Å²) in [5, 5.41) is 18.9. The number of nitrogens with one attached hydrogen (secondary N) is 1. The summed E-state index contributed by atoms with van der Waals surface area (Å²) in [5.74, 6) is -1.74. The lowest BCUT2D eigenvalue weighted by Crippen LogP contribution is -2.40. The molecule has 1 aliphatic heterocycles. The first kappa shape index (κ1) is 28.7. The van der Waals surface area contributed by atoms with E-state index in [-0.39, 0.29) is 30.7 Å². The van der Waals surface area contributed by atoms with E-state index in [9.17, 15) is 9.18 Å². The van der Waals surface area contributed by atoms with Crippen LogP contribution < -0.4 is 20.8 Å². The van der Waals surface area contributed by atoms with E-state index in [0.29, 0.717) is 53.7 Å². The molecule has 4 N–H and O–H groups in total. The normalized spacial score (nSPS) is 17.2. The number of aromatic nitrogens is 5. The number of primary amides is 1. The van der Waals surface area contributed by atoms with Gasteiger partial charge in [0.2, 0.25) is 5.91 Å². The number of rotatable bonds is 13. The number of anilines is 2. The van der Waals surface area contributed by atoms with Gasteiger partial charge >= 0.3 is 0 Å². The first-order chi connectivity index (χ1) is 20.9. The Bertz CT molecular complexity index is 1710. The molecular weight excluding hydrogens is 562 g/mol. The van der Waals surface area contributed by atoms with Gasteiger partial charge < -0.3 is 25.6 Å². The second-order valence-corrected chi connectivity index (χ2v) is 10.5. The minimum Gasteiger partial charge on any atom is -0.493 e. The molecule has 14 heteroatoms. The second kappa shape index (κ2) is 12.5. The van der Waals surface area contributed by atoms with Gasteiger partial charge in [0, 0.05) is 30.7 Å². The first-order valence-corrected chi connectivity index (χ1v) is 14.2. The third-order valence-electron chi connectivity index (χ3n) is 7.41. The molecule has 6 aromatic rings. The molecule has 4 aromatic heterocycles. The van der Waals surface area contributed by atoms with Crippen LogP contribution in [0.1, 0.15) is 25.7 Å². The summed E-state index contributed by atoms with van der Waals surface area (Å²) in [7, 11) is 0. The van der Waals surface area contributed by atoms with E-state index in [1.165, 1.54) is 34.2 Å². The minimum atomic E-state index is -1.06. The third kappa shape index (κ3) is 6.07. The Hall–Kier alpha value is -4.40. The number of aliphatic hydroxyl groups excluding tert-OH is 1. The highest BCUT2D eigenvalue weighted by molar-refractivity contribution is 5.97. The monoisotopic (exact) mass is 594 g/mol. The molecular formula is C29H32F2N8O4. The number of ether oxygens (including phenoxy) is 2. The van der Waals surface area contributed by atoms with Crippen molar-refractivity contribution in [1.29, 1.82) is 0 Å². The van der Waals surface area contributed by atoms with Crippen LogP contribution in [-0.2, 0) is 16.1 Å². The van der Waals surface area contributed by atoms with Gasteiger partial charge in [0.25, 0.3) is 5.78 Å². The molecule has 1 aliphatic rings. The number of aliphatic hydroxyl groups is 1. The number of amides is 1. The molecule has 5 heterocycles. The van der Waals surface area contributed by atoms with E-state index in [2.05, 4.69) is 20.4 Å². The molecule has 43 heavy (non-hydrogen) atoms. The van der Waals surface area contributed by atoms with Crippen LogP contribution in [0.5, 0.6) is 5.75 Å². The predicted octanol–water partition coefficient (Wildman–Crippen LogP) is 2.87. The number of benzene rings is 2. The number of carbonyl (C=O) groups excluding carboxylic acids is 1. The zero-order chi connectivity index (χ0) is 29.9. The highest BCUT2D eigenvalue weighted by atomic mass is 19.2. The largest absolute Gasteiger partial charge is 0.493 e. The molecule has 1 amide bonds. The molecule has 226 valence electrons. The zero-order valence-electron chi connectivity index (χ0n) is 23.3. The Kier molecular flexibility index (Phi) is 8.31. The van der Waals surface area contributed by atoms with Gasteiger partial charge in [-0.2, -0.15) is 14.8 Å². The van der Waals surface area contributed by atoms with Gasteiger partial charge in [-0.3, -0.25) is 9.48 Å². The standard InChI is InChI=1S/C29H32F2N8O4/c30-23-3-1-4-25(27(23)31)38(19-15-34-37(16-19)17-26(32)41)39-28-22-6-5-20(14-24(22)35-29(39)36-28)42-11-2-9-33-18-8-12-43-21(13-18)7-10-40/h1,3-6,14-16,18,21,33,40H,2,7-13,17H2,(H2,32,41). The van der Waals surface area contributed by atoms with E-state index in [1.54, 1.807) is 4.68 Å². The number of nitrogens with two attached hydrogens (primary N) is 1. The van der Waals surface area contributed by atoms with Gasteiger partial charge in [-0.25, -0.2) is 18.8 Å². The van der Waals surface area contributed by atoms with Crippen LogP contribution in [-0.4, -0.2) is 73.9 Å². The van der Waals surface area contributed by atoms with Crippen molar-refractivity contribution in [3.05, 3.63) is 60.4 Å². The Morgan fingerprint density at radius 1 is 1.26 bits per heavy atom. The fraction of sp³-hybridized carbons (Fsp3) is 0.379. The number of carbonyl (C=O) groups is 1. The van der Waals surface area contributed by atoms with Crippen LogP contribution in [0.2, 0.25) is 0 Å². The average molecular weight is 595 g/mol. The summed E-state index contributed by atoms with van der Waals surface area (Å²) in [6, 6.07) is 9.71. The fourth-order valence-corrected chi connectivity index (χ4v) is 5.37. The average Bonchev–Trinajstić information content (AvgIpc) is 3.44. The minimum absolute atomic E-state index is 0.0830. The van der Waals surface area contributed by atoms with Crippen molar-refractivity contribution in [3.63, 3.8) is 0 Å². The van der Waals surface area contributed by atoms with Gasteiger partial charge in [0.15, 0.2) is 17.3 Å². The summed E-state index contributed by atoms with van der Waals surface area (Å²) in [6.45, 7) is 1.98. The van der Waals surface area contributed by atoms with Crippen LogP contribution in [0.4, 0.5) is 20.2 Å². The Morgan fingerprint density at radius 3 is 2.98 bits per heavy atom. The molecule has 0 spiro atoms. The number of halogens is 2. The van der Waals surface area contributed by atoms with Crippen LogP contribution in [0.25, 0.3) is 22.3 Å². The number of hydrogen-bond donors (Lipinski definition) is 3. The highest BCUT2D eigenvalue weighted by Gasteiger charge is 2.27. The Balaban J connectivity index is 1.17. The van der Waals surface area contributed by atoms with Crippen molar-refractivity contribution < 1.29 is 28.2 Å². The smallest absolute Gasteiger partial charge is 0.253 e. The lowest BCUT2D eigenvalue weighted by molar-refractivity contribution is -0.118. The summed E-state index contributed by atoms with van der Waals surface area (Å²) in [6.07, 6.45) is 6.36. The summed E-state index contributed by atoms with van der Waals surface area (Å²) in [5.41, 5.74) is 6.70. The predicted molar refractivity (Wildman–Crippen MR) is 154 cm³/mol. The molecule has 2 bridgehead atoms. The molecule has 2 atom stereocenters. The summed E-state index contributed by atoms with van der Waals surface area (Å²) < 4.78 is 43.9. The summed E-state index contributed by atoms with van der Waals surface area (Å²) >= 11 is 0. The fourth-order valence-electron chi connectivity index (χ4n) is 5.37. The molecule has 1 saturated heterocycles. The molecule has 0 saturated carbocycles. The molecule has 1 fully saturated rings. The van der Waals surface area contributed by atoms with Gasteiger partial charge in [0.1, 0.15) is 23.7 Å². The van der Waals surface area contributed by atoms with Crippen molar-refractivity contribution in [2.75, 3.05) is 31.4 Å². The van der Waals surface area contributed by atoms with Gasteiger partial charge in [-0.15, -0.1) is 0 Å². The van der Waals surface area contributed by atoms with Gasteiger partial charge in [-0.1, -0.05) is 6.07 Å². The zero-order valence-corrected chi connectivity index (χ0v) is 23.3. The van der Waals surface area contributed by atoms with E-state index >= 15 is 4.39 Å². The lowest BCUT2D eigenvalue weighted by Gasteiger charge is -2.30. The molecule has 12 nitrogen and oxygen atoms in total. The maximum absolute atomic E-state index is 15.1. The highest BCUT2D eigenvalue weighted by Crippen LogP contribution is 2.35.